The molecule has 10 heteroatoms. The maximum absolute atomic E-state index is 13.5. The number of nitrogens with zero attached hydrogens (tertiary/aromatic N) is 6. The van der Waals surface area contributed by atoms with Gasteiger partial charge in [-0.15, -0.1) is 0 Å². The van der Waals surface area contributed by atoms with Crippen molar-refractivity contribution in [2.45, 2.75) is 6.43 Å². The van der Waals surface area contributed by atoms with Crippen LogP contribution in [-0.4, -0.2) is 55.9 Å². The molecule has 130 valence electrons. The van der Waals surface area contributed by atoms with E-state index in [9.17, 15) is 13.9 Å². The van der Waals surface area contributed by atoms with Crippen LogP contribution in [0.1, 0.15) is 12.2 Å². The lowest BCUT2D eigenvalue weighted by atomic mass is 10.3. The summed E-state index contributed by atoms with van der Waals surface area (Å²) in [6.07, 6.45) is -1.53. The van der Waals surface area contributed by atoms with Crippen molar-refractivity contribution in [3.8, 4) is 11.7 Å². The van der Waals surface area contributed by atoms with E-state index in [-0.39, 0.29) is 17.2 Å². The van der Waals surface area contributed by atoms with Crippen molar-refractivity contribution < 1.29 is 18.6 Å². The number of phenols is 1. The van der Waals surface area contributed by atoms with Gasteiger partial charge in [0, 0.05) is 19.2 Å². The number of alkyl halides is 2. The van der Waals surface area contributed by atoms with Crippen molar-refractivity contribution in [1.29, 1.82) is 0 Å². The molecule has 3 aromatic rings. The van der Waals surface area contributed by atoms with Crippen LogP contribution in [-0.2, 0) is 4.74 Å². The number of ether oxygens (including phenoxy) is 1. The molecular formula is C15H14F2N6O2. The average Bonchev–Trinajstić information content (AvgIpc) is 3.01. The second-order valence-electron chi connectivity index (χ2n) is 5.46. The molecule has 1 fully saturated rings. The molecule has 4 rings (SSSR count). The molecule has 2 aromatic heterocycles. The summed E-state index contributed by atoms with van der Waals surface area (Å²) in [6.45, 7) is 2.33. The number of morpholine rings is 1. The number of hydrogen-bond donors (Lipinski definition) is 1. The first kappa shape index (κ1) is 15.6. The van der Waals surface area contributed by atoms with Gasteiger partial charge in [-0.2, -0.15) is 4.98 Å². The smallest absolute Gasteiger partial charge is 0.296 e. The number of hydrogen-bond acceptors (Lipinski definition) is 7. The molecule has 25 heavy (non-hydrogen) atoms. The van der Waals surface area contributed by atoms with E-state index in [1.54, 1.807) is 0 Å². The van der Waals surface area contributed by atoms with E-state index >= 15 is 0 Å². The largest absolute Gasteiger partial charge is 0.508 e. The lowest BCUT2D eigenvalue weighted by Gasteiger charge is -2.26. The zero-order valence-corrected chi connectivity index (χ0v) is 13.0. The molecule has 0 radical (unpaired) electrons. The zero-order chi connectivity index (χ0) is 17.4. The van der Waals surface area contributed by atoms with Gasteiger partial charge in [0.2, 0.25) is 11.9 Å². The van der Waals surface area contributed by atoms with E-state index in [1.807, 2.05) is 4.90 Å². The summed E-state index contributed by atoms with van der Waals surface area (Å²) in [5.41, 5.74) is 0.621. The fourth-order valence-electron chi connectivity index (χ4n) is 2.75. The van der Waals surface area contributed by atoms with Crippen LogP contribution in [0.3, 0.4) is 0 Å². The van der Waals surface area contributed by atoms with Crippen molar-refractivity contribution >= 4 is 17.0 Å². The van der Waals surface area contributed by atoms with Gasteiger partial charge in [0.05, 0.1) is 24.2 Å². The lowest BCUT2D eigenvalue weighted by Crippen LogP contribution is -2.37. The third-order valence-corrected chi connectivity index (χ3v) is 3.90. The van der Waals surface area contributed by atoms with Crippen LogP contribution < -0.4 is 4.90 Å². The van der Waals surface area contributed by atoms with Gasteiger partial charge < -0.3 is 14.7 Å². The molecule has 1 aromatic carbocycles. The number of imidazole rings is 1. The molecule has 0 aliphatic carbocycles. The molecule has 0 bridgehead atoms. The summed E-state index contributed by atoms with van der Waals surface area (Å²) >= 11 is 0. The normalized spacial score (nSPS) is 15.2. The van der Waals surface area contributed by atoms with Gasteiger partial charge in [0.1, 0.15) is 12.1 Å². The van der Waals surface area contributed by atoms with Crippen molar-refractivity contribution in [3.05, 3.63) is 30.4 Å². The molecule has 0 saturated carbocycles. The third kappa shape index (κ3) is 2.84. The maximum Gasteiger partial charge on any atom is 0.296 e. The third-order valence-electron chi connectivity index (χ3n) is 3.90. The number of aromatic hydroxyl groups is 1. The van der Waals surface area contributed by atoms with Gasteiger partial charge in [-0.1, -0.05) is 0 Å². The van der Waals surface area contributed by atoms with Crippen molar-refractivity contribution in [1.82, 2.24) is 24.5 Å². The molecule has 3 heterocycles. The number of aromatic nitrogens is 5. The van der Waals surface area contributed by atoms with Crippen LogP contribution in [0.5, 0.6) is 5.75 Å². The SMILES string of the molecule is Oc1ccc2c(c1)nc(C(F)F)n2-c1ncnc(N2CCOCC2)n1. The van der Waals surface area contributed by atoms with Gasteiger partial charge in [-0.05, 0) is 12.1 Å². The van der Waals surface area contributed by atoms with Crippen LogP contribution in [0.15, 0.2) is 24.5 Å². The predicted octanol–water partition coefficient (Wildman–Crippen LogP) is 1.69. The first-order valence-corrected chi connectivity index (χ1v) is 7.65. The zero-order valence-electron chi connectivity index (χ0n) is 13.0. The van der Waals surface area contributed by atoms with Gasteiger partial charge in [-0.3, -0.25) is 4.57 Å². The highest BCUT2D eigenvalue weighted by molar-refractivity contribution is 5.79. The van der Waals surface area contributed by atoms with E-state index in [4.69, 9.17) is 4.74 Å². The molecule has 0 amide bonds. The minimum Gasteiger partial charge on any atom is -0.508 e. The van der Waals surface area contributed by atoms with E-state index in [0.717, 1.165) is 0 Å². The molecule has 0 spiro atoms. The van der Waals surface area contributed by atoms with Crippen LogP contribution in [0.25, 0.3) is 17.0 Å². The Bertz CT molecular complexity index is 910. The van der Waals surface area contributed by atoms with Crippen LogP contribution >= 0.6 is 0 Å². The lowest BCUT2D eigenvalue weighted by molar-refractivity contribution is 0.122. The molecule has 8 nitrogen and oxygen atoms in total. The highest BCUT2D eigenvalue weighted by Gasteiger charge is 2.23. The summed E-state index contributed by atoms with van der Waals surface area (Å²) in [5, 5.41) is 9.56. The minimum absolute atomic E-state index is 0.0531. The molecule has 1 aliphatic rings. The Labute approximate surface area is 140 Å². The quantitative estimate of drug-likeness (QED) is 0.770. The Hall–Kier alpha value is -2.88. The summed E-state index contributed by atoms with van der Waals surface area (Å²) in [6, 6.07) is 4.23. The molecule has 0 unspecified atom stereocenters. The molecule has 1 saturated heterocycles. The Morgan fingerprint density at radius 2 is 1.84 bits per heavy atom. The van der Waals surface area contributed by atoms with E-state index < -0.39 is 12.2 Å². The first-order valence-electron chi connectivity index (χ1n) is 7.65. The molecule has 1 aliphatic heterocycles. The summed E-state index contributed by atoms with van der Waals surface area (Å²) in [4.78, 5) is 18.3. The van der Waals surface area contributed by atoms with E-state index in [2.05, 4.69) is 19.9 Å². The molecule has 0 atom stereocenters. The minimum atomic E-state index is -2.82. The number of fused-ring (bicyclic) bond motifs is 1. The number of phenolic OH excluding ortho intramolecular Hbond substituents is 1. The van der Waals surface area contributed by atoms with Crippen LogP contribution in [0, 0.1) is 0 Å². The second-order valence-corrected chi connectivity index (χ2v) is 5.46. The summed E-state index contributed by atoms with van der Waals surface area (Å²) in [5.74, 6) is -0.0866. The highest BCUT2D eigenvalue weighted by Crippen LogP contribution is 2.28. The van der Waals surface area contributed by atoms with Gasteiger partial charge in [0.25, 0.3) is 6.43 Å². The Morgan fingerprint density at radius 1 is 1.08 bits per heavy atom. The number of benzene rings is 1. The number of halogens is 2. The standard InChI is InChI=1S/C15H14F2N6O2/c16-12(17)13-20-10-7-9(24)1-2-11(10)23(13)15-19-8-18-14(21-15)22-3-5-25-6-4-22/h1-2,7-8,12,24H,3-6H2. The Morgan fingerprint density at radius 3 is 2.60 bits per heavy atom. The number of anilines is 1. The van der Waals surface area contributed by atoms with E-state index in [1.165, 1.54) is 29.1 Å². The molecular weight excluding hydrogens is 334 g/mol. The highest BCUT2D eigenvalue weighted by atomic mass is 19.3. The fraction of sp³-hybridized carbons (Fsp3) is 0.333. The summed E-state index contributed by atoms with van der Waals surface area (Å²) in [7, 11) is 0. The van der Waals surface area contributed by atoms with Gasteiger partial charge >= 0.3 is 0 Å². The van der Waals surface area contributed by atoms with Gasteiger partial charge in [-0.25, -0.2) is 23.7 Å². The monoisotopic (exact) mass is 348 g/mol. The Balaban J connectivity index is 1.85. The van der Waals surface area contributed by atoms with E-state index in [0.29, 0.717) is 37.8 Å². The average molecular weight is 348 g/mol. The summed E-state index contributed by atoms with van der Waals surface area (Å²) < 4.78 is 33.4. The second kappa shape index (κ2) is 6.20. The van der Waals surface area contributed by atoms with Crippen LogP contribution in [0.2, 0.25) is 0 Å². The van der Waals surface area contributed by atoms with Crippen LogP contribution in [0.4, 0.5) is 14.7 Å². The molecule has 1 N–H and O–H groups in total. The number of rotatable bonds is 3. The predicted molar refractivity (Wildman–Crippen MR) is 84.1 cm³/mol. The van der Waals surface area contributed by atoms with Crippen molar-refractivity contribution in [2.24, 2.45) is 0 Å². The fourth-order valence-corrected chi connectivity index (χ4v) is 2.75. The first-order chi connectivity index (χ1) is 12.1. The van der Waals surface area contributed by atoms with Crippen molar-refractivity contribution in [2.75, 3.05) is 31.2 Å². The van der Waals surface area contributed by atoms with Gasteiger partial charge in [0.15, 0.2) is 5.82 Å². The Kier molecular flexibility index (Phi) is 3.88. The van der Waals surface area contributed by atoms with Crippen molar-refractivity contribution in [3.63, 3.8) is 0 Å². The maximum atomic E-state index is 13.5. The topological polar surface area (TPSA) is 89.2 Å².